The lowest BCUT2D eigenvalue weighted by Crippen LogP contribution is -2.33. The van der Waals surface area contributed by atoms with Gasteiger partial charge in [0, 0.05) is 11.3 Å². The van der Waals surface area contributed by atoms with E-state index in [4.69, 9.17) is 12.2 Å². The monoisotopic (exact) mass is 441 g/mol. The van der Waals surface area contributed by atoms with E-state index >= 15 is 0 Å². The Morgan fingerprint density at radius 2 is 1.34 bits per heavy atom. The highest BCUT2D eigenvalue weighted by Gasteiger charge is 2.35. The van der Waals surface area contributed by atoms with Crippen molar-refractivity contribution >= 4 is 22.9 Å². The molecule has 0 spiro atoms. The van der Waals surface area contributed by atoms with Gasteiger partial charge in [0.2, 0.25) is 0 Å². The number of rotatable bonds is 5. The summed E-state index contributed by atoms with van der Waals surface area (Å²) in [4.78, 5) is 3.40. The summed E-state index contributed by atoms with van der Waals surface area (Å²) in [6.45, 7) is 13.7. The number of para-hydroxylation sites is 1. The topological polar surface area (TPSA) is 3.24 Å². The fourth-order valence-electron chi connectivity index (χ4n) is 4.90. The Bertz CT molecular complexity index is 1080. The molecule has 1 atom stereocenters. The molecule has 0 aromatic heterocycles. The molecule has 0 N–H and O–H groups in total. The van der Waals surface area contributed by atoms with Gasteiger partial charge in [-0.2, -0.15) is 0 Å². The normalized spacial score (nSPS) is 15.7. The first-order valence-corrected chi connectivity index (χ1v) is 12.3. The molecule has 0 saturated heterocycles. The minimum absolute atomic E-state index is 0.228. The Hall–Kier alpha value is -2.45. The van der Waals surface area contributed by atoms with Crippen LogP contribution in [0.2, 0.25) is 0 Å². The summed E-state index contributed by atoms with van der Waals surface area (Å²) in [5, 5.41) is 0. The predicted octanol–water partition coefficient (Wildman–Crippen LogP) is 8.54. The Kier molecular flexibility index (Phi) is 6.53. The van der Waals surface area contributed by atoms with Gasteiger partial charge in [0.15, 0.2) is 0 Å². The van der Waals surface area contributed by atoms with Gasteiger partial charge in [-0.1, -0.05) is 114 Å². The van der Waals surface area contributed by atoms with E-state index < -0.39 is 0 Å². The van der Waals surface area contributed by atoms with E-state index in [1.807, 2.05) is 0 Å². The standard InChI is InChI=1S/C30H35NS/c1-19(2)24-16-25(20(3)4)29(26(17-24)21(5)6)30(32)31-27-15-11-10-14-23(27)18-28(31)22-12-8-7-9-13-22/h7-17,19-21,28H,18H2,1-6H3/t28-/m1/s1. The van der Waals surface area contributed by atoms with Crippen LogP contribution in [0, 0.1) is 0 Å². The predicted molar refractivity (Wildman–Crippen MR) is 142 cm³/mol. The number of anilines is 1. The highest BCUT2D eigenvalue weighted by atomic mass is 32.1. The van der Waals surface area contributed by atoms with Crippen LogP contribution in [-0.4, -0.2) is 4.99 Å². The highest BCUT2D eigenvalue weighted by molar-refractivity contribution is 7.81. The Morgan fingerprint density at radius 3 is 1.91 bits per heavy atom. The summed E-state index contributed by atoms with van der Waals surface area (Å²) in [6, 6.07) is 24.6. The maximum atomic E-state index is 6.38. The van der Waals surface area contributed by atoms with Gasteiger partial charge < -0.3 is 4.90 Å². The number of fused-ring (bicyclic) bond motifs is 1. The molecule has 1 aliphatic heterocycles. The lowest BCUT2D eigenvalue weighted by molar-refractivity contribution is 0.756. The van der Waals surface area contributed by atoms with E-state index in [1.54, 1.807) is 0 Å². The fraction of sp³-hybridized carbons (Fsp3) is 0.367. The quantitative estimate of drug-likeness (QED) is 0.365. The highest BCUT2D eigenvalue weighted by Crippen LogP contribution is 2.43. The maximum Gasteiger partial charge on any atom is 0.114 e. The largest absolute Gasteiger partial charge is 0.324 e. The number of nitrogens with zero attached hydrogens (tertiary/aromatic N) is 1. The second-order valence-electron chi connectivity index (χ2n) is 9.97. The van der Waals surface area contributed by atoms with Crippen LogP contribution in [-0.2, 0) is 6.42 Å². The molecule has 32 heavy (non-hydrogen) atoms. The zero-order chi connectivity index (χ0) is 23.0. The molecule has 0 radical (unpaired) electrons. The van der Waals surface area contributed by atoms with Gasteiger partial charge >= 0.3 is 0 Å². The van der Waals surface area contributed by atoms with Crippen molar-refractivity contribution < 1.29 is 0 Å². The number of thiocarbonyl (C=S) groups is 1. The Balaban J connectivity index is 1.92. The van der Waals surface area contributed by atoms with Crippen LogP contribution < -0.4 is 4.90 Å². The van der Waals surface area contributed by atoms with Gasteiger partial charge in [-0.05, 0) is 58.1 Å². The zero-order valence-electron chi connectivity index (χ0n) is 20.2. The van der Waals surface area contributed by atoms with Gasteiger partial charge in [-0.15, -0.1) is 0 Å². The molecule has 166 valence electrons. The van der Waals surface area contributed by atoms with Crippen LogP contribution in [0.15, 0.2) is 66.7 Å². The first kappa shape index (κ1) is 22.7. The van der Waals surface area contributed by atoms with Gasteiger partial charge in [0.1, 0.15) is 4.99 Å². The van der Waals surface area contributed by atoms with Crippen LogP contribution in [0.4, 0.5) is 5.69 Å². The molecule has 0 bridgehead atoms. The number of hydrogen-bond acceptors (Lipinski definition) is 1. The molecular weight excluding hydrogens is 406 g/mol. The third-order valence-corrected chi connectivity index (χ3v) is 7.13. The zero-order valence-corrected chi connectivity index (χ0v) is 21.0. The van der Waals surface area contributed by atoms with Crippen LogP contribution in [0.3, 0.4) is 0 Å². The summed E-state index contributed by atoms with van der Waals surface area (Å²) in [6.07, 6.45) is 0.985. The van der Waals surface area contributed by atoms with Crippen molar-refractivity contribution in [2.45, 2.75) is 71.8 Å². The van der Waals surface area contributed by atoms with Crippen LogP contribution in [0.5, 0.6) is 0 Å². The molecule has 0 fully saturated rings. The van der Waals surface area contributed by atoms with Gasteiger partial charge in [-0.3, -0.25) is 0 Å². The fourth-order valence-corrected chi connectivity index (χ4v) is 5.36. The van der Waals surface area contributed by atoms with Crippen molar-refractivity contribution in [3.8, 4) is 0 Å². The molecule has 0 aliphatic carbocycles. The molecular formula is C30H35NS. The van der Waals surface area contributed by atoms with E-state index in [0.717, 1.165) is 11.4 Å². The summed E-state index contributed by atoms with van der Waals surface area (Å²) < 4.78 is 0. The molecule has 1 aliphatic rings. The van der Waals surface area contributed by atoms with Crippen molar-refractivity contribution in [1.82, 2.24) is 0 Å². The summed E-state index contributed by atoms with van der Waals surface area (Å²) in [5.41, 5.74) is 9.38. The summed E-state index contributed by atoms with van der Waals surface area (Å²) >= 11 is 6.38. The van der Waals surface area contributed by atoms with Gasteiger partial charge in [0.05, 0.1) is 6.04 Å². The van der Waals surface area contributed by atoms with E-state index in [0.29, 0.717) is 17.8 Å². The smallest absolute Gasteiger partial charge is 0.114 e. The molecule has 1 heterocycles. The average Bonchev–Trinajstić information content (AvgIpc) is 3.17. The summed E-state index contributed by atoms with van der Waals surface area (Å²) in [7, 11) is 0. The maximum absolute atomic E-state index is 6.38. The van der Waals surface area contributed by atoms with Crippen LogP contribution in [0.25, 0.3) is 0 Å². The number of benzene rings is 3. The van der Waals surface area contributed by atoms with Gasteiger partial charge in [0.25, 0.3) is 0 Å². The average molecular weight is 442 g/mol. The molecule has 3 aromatic rings. The van der Waals surface area contributed by atoms with Crippen LogP contribution >= 0.6 is 12.2 Å². The Morgan fingerprint density at radius 1 is 0.781 bits per heavy atom. The SMILES string of the molecule is CC(C)c1cc(C(C)C)c(C(=S)N2c3ccccc3C[C@@H]2c2ccccc2)c(C(C)C)c1. The number of hydrogen-bond donors (Lipinski definition) is 0. The minimum Gasteiger partial charge on any atom is -0.324 e. The first-order chi connectivity index (χ1) is 15.3. The molecule has 4 rings (SSSR count). The second-order valence-corrected chi connectivity index (χ2v) is 10.4. The molecule has 3 aromatic carbocycles. The summed E-state index contributed by atoms with van der Waals surface area (Å²) in [5.74, 6) is 1.32. The van der Waals surface area contributed by atoms with E-state index in [2.05, 4.69) is 113 Å². The van der Waals surface area contributed by atoms with Gasteiger partial charge in [-0.25, -0.2) is 0 Å². The van der Waals surface area contributed by atoms with Crippen molar-refractivity contribution in [3.63, 3.8) is 0 Å². The molecule has 0 amide bonds. The molecule has 2 heteroatoms. The van der Waals surface area contributed by atoms with Crippen molar-refractivity contribution in [2.75, 3.05) is 4.90 Å². The van der Waals surface area contributed by atoms with E-state index in [-0.39, 0.29) is 6.04 Å². The lowest BCUT2D eigenvalue weighted by Gasteiger charge is -2.32. The third-order valence-electron chi connectivity index (χ3n) is 6.73. The van der Waals surface area contributed by atoms with E-state index in [9.17, 15) is 0 Å². The minimum atomic E-state index is 0.228. The molecule has 0 unspecified atom stereocenters. The second kappa shape index (κ2) is 9.19. The molecule has 0 saturated carbocycles. The van der Waals surface area contributed by atoms with E-state index in [1.165, 1.54) is 39.1 Å². The molecule has 1 nitrogen and oxygen atoms in total. The third kappa shape index (κ3) is 4.13. The van der Waals surface area contributed by atoms with Crippen LogP contribution in [0.1, 0.15) is 98.7 Å². The Labute approximate surface area is 199 Å². The lowest BCUT2D eigenvalue weighted by atomic mass is 9.84. The first-order valence-electron chi connectivity index (χ1n) is 11.9. The van der Waals surface area contributed by atoms with Crippen molar-refractivity contribution in [1.29, 1.82) is 0 Å². The van der Waals surface area contributed by atoms with Crippen molar-refractivity contribution in [3.05, 3.63) is 100 Å². The van der Waals surface area contributed by atoms with Crippen molar-refractivity contribution in [2.24, 2.45) is 0 Å².